The fourth-order valence-electron chi connectivity index (χ4n) is 2.57. The number of urea groups is 1. The summed E-state index contributed by atoms with van der Waals surface area (Å²) in [5, 5.41) is 15.0. The van der Waals surface area contributed by atoms with Crippen LogP contribution in [0.3, 0.4) is 0 Å². The van der Waals surface area contributed by atoms with E-state index in [0.29, 0.717) is 19.0 Å². The highest BCUT2D eigenvalue weighted by atomic mass is 16.3. The van der Waals surface area contributed by atoms with E-state index < -0.39 is 0 Å². The molecule has 4 heteroatoms. The number of nitrogens with one attached hydrogen (secondary N) is 2. The van der Waals surface area contributed by atoms with Crippen molar-refractivity contribution in [3.63, 3.8) is 0 Å². The van der Waals surface area contributed by atoms with Gasteiger partial charge in [0.25, 0.3) is 0 Å². The first-order valence-electron chi connectivity index (χ1n) is 8.49. The second-order valence-electron chi connectivity index (χ2n) is 6.05. The molecule has 0 fully saturated rings. The van der Waals surface area contributed by atoms with Gasteiger partial charge in [0.1, 0.15) is 5.75 Å². The van der Waals surface area contributed by atoms with E-state index in [1.165, 1.54) is 5.56 Å². The Morgan fingerprint density at radius 2 is 1.67 bits per heavy atom. The second kappa shape index (κ2) is 9.60. The van der Waals surface area contributed by atoms with Gasteiger partial charge in [-0.25, -0.2) is 4.79 Å². The third-order valence-corrected chi connectivity index (χ3v) is 4.10. The summed E-state index contributed by atoms with van der Waals surface area (Å²) in [5.74, 6) is 0.710. The van der Waals surface area contributed by atoms with Crippen LogP contribution in [0.1, 0.15) is 36.8 Å². The van der Waals surface area contributed by atoms with Gasteiger partial charge < -0.3 is 15.7 Å². The van der Waals surface area contributed by atoms with Crippen molar-refractivity contribution in [2.24, 2.45) is 0 Å². The summed E-state index contributed by atoms with van der Waals surface area (Å²) in [5.41, 5.74) is 2.46. The second-order valence-corrected chi connectivity index (χ2v) is 6.05. The third kappa shape index (κ3) is 6.32. The normalized spacial score (nSPS) is 11.7. The standard InChI is InChI=1S/C20H26N2O2/c1-16(18-7-3-2-4-8-18)13-15-22-20(24)21-14-5-6-17-9-11-19(23)12-10-17/h2-4,7-12,16,23H,5-6,13-15H2,1H3,(H2,21,22,24). The quantitative estimate of drug-likeness (QED) is 0.646. The highest BCUT2D eigenvalue weighted by molar-refractivity contribution is 5.73. The monoisotopic (exact) mass is 326 g/mol. The number of hydrogen-bond acceptors (Lipinski definition) is 2. The summed E-state index contributed by atoms with van der Waals surface area (Å²) in [6.07, 6.45) is 2.68. The van der Waals surface area contributed by atoms with Gasteiger partial charge in [0.15, 0.2) is 0 Å². The zero-order valence-corrected chi connectivity index (χ0v) is 14.2. The van der Waals surface area contributed by atoms with Gasteiger partial charge in [-0.3, -0.25) is 0 Å². The number of amides is 2. The van der Waals surface area contributed by atoms with Crippen LogP contribution < -0.4 is 10.6 Å². The minimum absolute atomic E-state index is 0.110. The Labute approximate surface area is 143 Å². The number of aromatic hydroxyl groups is 1. The van der Waals surface area contributed by atoms with Crippen LogP contribution in [0, 0.1) is 0 Å². The number of aryl methyl sites for hydroxylation is 1. The molecular formula is C20H26N2O2. The van der Waals surface area contributed by atoms with Gasteiger partial charge in [0.2, 0.25) is 0 Å². The molecule has 128 valence electrons. The molecule has 4 nitrogen and oxygen atoms in total. The van der Waals surface area contributed by atoms with Crippen molar-refractivity contribution in [2.45, 2.75) is 32.1 Å². The maximum absolute atomic E-state index is 11.8. The van der Waals surface area contributed by atoms with Crippen LogP contribution >= 0.6 is 0 Å². The molecule has 2 aromatic carbocycles. The summed E-state index contributed by atoms with van der Waals surface area (Å²) in [6.45, 7) is 3.48. The molecule has 0 radical (unpaired) electrons. The summed E-state index contributed by atoms with van der Waals surface area (Å²) in [7, 11) is 0. The van der Waals surface area contributed by atoms with Crippen LogP contribution in [0.5, 0.6) is 5.75 Å². The van der Waals surface area contributed by atoms with Gasteiger partial charge in [-0.2, -0.15) is 0 Å². The molecule has 0 aromatic heterocycles. The summed E-state index contributed by atoms with van der Waals surface area (Å²) in [4.78, 5) is 11.8. The predicted molar refractivity (Wildman–Crippen MR) is 97.3 cm³/mol. The zero-order chi connectivity index (χ0) is 17.2. The molecule has 1 atom stereocenters. The summed E-state index contributed by atoms with van der Waals surface area (Å²) in [6, 6.07) is 17.4. The fraction of sp³-hybridized carbons (Fsp3) is 0.350. The Balaban J connectivity index is 1.56. The molecular weight excluding hydrogens is 300 g/mol. The molecule has 0 aliphatic heterocycles. The van der Waals surface area contributed by atoms with Crippen molar-refractivity contribution in [3.05, 3.63) is 65.7 Å². The molecule has 3 N–H and O–H groups in total. The number of phenols is 1. The molecule has 2 rings (SSSR count). The molecule has 0 saturated heterocycles. The van der Waals surface area contributed by atoms with Gasteiger partial charge in [0, 0.05) is 13.1 Å². The van der Waals surface area contributed by atoms with E-state index in [1.807, 2.05) is 30.3 Å². The van der Waals surface area contributed by atoms with E-state index in [0.717, 1.165) is 24.8 Å². The van der Waals surface area contributed by atoms with Gasteiger partial charge in [-0.1, -0.05) is 49.4 Å². The lowest BCUT2D eigenvalue weighted by Crippen LogP contribution is -2.36. The Morgan fingerprint density at radius 1 is 1.00 bits per heavy atom. The lowest BCUT2D eigenvalue weighted by atomic mass is 9.98. The minimum atomic E-state index is -0.110. The van der Waals surface area contributed by atoms with E-state index in [-0.39, 0.29) is 11.8 Å². The largest absolute Gasteiger partial charge is 0.508 e. The first kappa shape index (κ1) is 17.9. The van der Waals surface area contributed by atoms with Crippen LogP contribution in [0.4, 0.5) is 4.79 Å². The van der Waals surface area contributed by atoms with E-state index in [2.05, 4.69) is 29.7 Å². The fourth-order valence-corrected chi connectivity index (χ4v) is 2.57. The lowest BCUT2D eigenvalue weighted by Gasteiger charge is -2.13. The number of benzene rings is 2. The van der Waals surface area contributed by atoms with Crippen molar-refractivity contribution >= 4 is 6.03 Å². The Bertz CT molecular complexity index is 611. The van der Waals surface area contributed by atoms with Crippen molar-refractivity contribution in [1.82, 2.24) is 10.6 Å². The summed E-state index contributed by atoms with van der Waals surface area (Å²) < 4.78 is 0. The van der Waals surface area contributed by atoms with Crippen LogP contribution in [-0.4, -0.2) is 24.2 Å². The van der Waals surface area contributed by atoms with Crippen LogP contribution in [0.15, 0.2) is 54.6 Å². The van der Waals surface area contributed by atoms with Gasteiger partial charge in [-0.15, -0.1) is 0 Å². The van der Waals surface area contributed by atoms with Crippen molar-refractivity contribution in [2.75, 3.05) is 13.1 Å². The predicted octanol–water partition coefficient (Wildman–Crippen LogP) is 3.82. The molecule has 1 unspecified atom stereocenters. The van der Waals surface area contributed by atoms with Gasteiger partial charge in [-0.05, 0) is 48.4 Å². The lowest BCUT2D eigenvalue weighted by molar-refractivity contribution is 0.240. The highest BCUT2D eigenvalue weighted by Crippen LogP contribution is 2.17. The molecule has 0 saturated carbocycles. The first-order chi connectivity index (χ1) is 11.6. The third-order valence-electron chi connectivity index (χ3n) is 4.10. The Morgan fingerprint density at radius 3 is 2.38 bits per heavy atom. The first-order valence-corrected chi connectivity index (χ1v) is 8.49. The van der Waals surface area contributed by atoms with Crippen LogP contribution in [-0.2, 0) is 6.42 Å². The molecule has 0 heterocycles. The van der Waals surface area contributed by atoms with Crippen molar-refractivity contribution < 1.29 is 9.90 Å². The smallest absolute Gasteiger partial charge is 0.314 e. The average molecular weight is 326 g/mol. The van der Waals surface area contributed by atoms with Crippen molar-refractivity contribution in [1.29, 1.82) is 0 Å². The number of carbonyl (C=O) groups excluding carboxylic acids is 1. The van der Waals surface area contributed by atoms with E-state index in [9.17, 15) is 9.90 Å². The maximum atomic E-state index is 11.8. The number of rotatable bonds is 8. The molecule has 0 aliphatic carbocycles. The SMILES string of the molecule is CC(CCNC(=O)NCCCc1ccc(O)cc1)c1ccccc1. The van der Waals surface area contributed by atoms with E-state index >= 15 is 0 Å². The number of carbonyl (C=O) groups is 1. The van der Waals surface area contributed by atoms with Gasteiger partial charge >= 0.3 is 6.03 Å². The molecule has 0 aliphatic rings. The van der Waals surface area contributed by atoms with E-state index in [1.54, 1.807) is 12.1 Å². The van der Waals surface area contributed by atoms with Gasteiger partial charge in [0.05, 0.1) is 0 Å². The number of phenolic OH excluding ortho intramolecular Hbond substituents is 1. The molecule has 2 amide bonds. The Kier molecular flexibility index (Phi) is 7.15. The van der Waals surface area contributed by atoms with Crippen LogP contribution in [0.25, 0.3) is 0 Å². The minimum Gasteiger partial charge on any atom is -0.508 e. The highest BCUT2D eigenvalue weighted by Gasteiger charge is 2.05. The molecule has 0 bridgehead atoms. The zero-order valence-electron chi connectivity index (χ0n) is 14.2. The maximum Gasteiger partial charge on any atom is 0.314 e. The Hall–Kier alpha value is -2.49. The number of hydrogen-bond donors (Lipinski definition) is 3. The molecule has 24 heavy (non-hydrogen) atoms. The summed E-state index contributed by atoms with van der Waals surface area (Å²) >= 11 is 0. The van der Waals surface area contributed by atoms with Crippen molar-refractivity contribution in [3.8, 4) is 5.75 Å². The molecule has 0 spiro atoms. The molecule has 2 aromatic rings. The topological polar surface area (TPSA) is 61.4 Å². The average Bonchev–Trinajstić information content (AvgIpc) is 2.61. The van der Waals surface area contributed by atoms with E-state index in [4.69, 9.17) is 0 Å². The van der Waals surface area contributed by atoms with Crippen LogP contribution in [0.2, 0.25) is 0 Å².